The van der Waals surface area contributed by atoms with Crippen molar-refractivity contribution < 1.29 is 18.0 Å². The minimum Gasteiger partial charge on any atom is -0.336 e. The normalized spacial score (nSPS) is 19.9. The van der Waals surface area contributed by atoms with Gasteiger partial charge < -0.3 is 10.6 Å². The second kappa shape index (κ2) is 4.48. The van der Waals surface area contributed by atoms with Crippen molar-refractivity contribution in [1.29, 1.82) is 0 Å². The zero-order valence-corrected chi connectivity index (χ0v) is 9.36. The zero-order valence-electron chi connectivity index (χ0n) is 8.54. The number of urea groups is 1. The van der Waals surface area contributed by atoms with Crippen molar-refractivity contribution in [2.75, 3.05) is 6.54 Å². The molecule has 0 unspecified atom stereocenters. The number of thioether (sulfide) groups is 1. The molecule has 0 aliphatic carbocycles. The van der Waals surface area contributed by atoms with E-state index in [0.29, 0.717) is 6.54 Å². The molecule has 1 heterocycles. The molecule has 1 aromatic carbocycles. The van der Waals surface area contributed by atoms with Crippen molar-refractivity contribution in [3.8, 4) is 0 Å². The maximum Gasteiger partial charge on any atom is 0.446 e. The van der Waals surface area contributed by atoms with Crippen LogP contribution in [0.5, 0.6) is 0 Å². The highest BCUT2D eigenvalue weighted by molar-refractivity contribution is 8.00. The topological polar surface area (TPSA) is 41.1 Å². The maximum atomic E-state index is 12.1. The highest BCUT2D eigenvalue weighted by atomic mass is 32.2. The van der Waals surface area contributed by atoms with Crippen LogP contribution in [0.3, 0.4) is 0 Å². The van der Waals surface area contributed by atoms with E-state index in [9.17, 15) is 18.0 Å². The van der Waals surface area contributed by atoms with Gasteiger partial charge >= 0.3 is 11.5 Å². The lowest BCUT2D eigenvalue weighted by Gasteiger charge is -2.10. The molecule has 1 aromatic rings. The van der Waals surface area contributed by atoms with Gasteiger partial charge in [0, 0.05) is 11.4 Å². The van der Waals surface area contributed by atoms with Gasteiger partial charge in [-0.15, -0.1) is 0 Å². The Balaban J connectivity index is 2.05. The lowest BCUT2D eigenvalue weighted by Crippen LogP contribution is -2.21. The molecule has 0 bridgehead atoms. The molecule has 92 valence electrons. The van der Waals surface area contributed by atoms with E-state index in [1.807, 2.05) is 0 Å². The first-order valence-electron chi connectivity index (χ1n) is 4.84. The molecular weight excluding hydrogens is 253 g/mol. The highest BCUT2D eigenvalue weighted by Crippen LogP contribution is 2.37. The van der Waals surface area contributed by atoms with Crippen molar-refractivity contribution in [2.24, 2.45) is 0 Å². The van der Waals surface area contributed by atoms with E-state index in [0.717, 1.165) is 5.56 Å². The second-order valence-corrected chi connectivity index (χ2v) is 4.66. The van der Waals surface area contributed by atoms with Crippen molar-refractivity contribution in [3.05, 3.63) is 29.8 Å². The largest absolute Gasteiger partial charge is 0.446 e. The number of nitrogens with one attached hydrogen (secondary N) is 2. The number of benzene rings is 1. The van der Waals surface area contributed by atoms with Crippen LogP contribution >= 0.6 is 11.8 Å². The molecule has 1 saturated heterocycles. The molecule has 0 aromatic heterocycles. The van der Waals surface area contributed by atoms with Crippen molar-refractivity contribution in [1.82, 2.24) is 10.6 Å². The van der Waals surface area contributed by atoms with Crippen LogP contribution in [0.1, 0.15) is 11.6 Å². The predicted molar refractivity (Wildman–Crippen MR) is 57.6 cm³/mol. The van der Waals surface area contributed by atoms with Crippen LogP contribution < -0.4 is 10.6 Å². The van der Waals surface area contributed by atoms with E-state index >= 15 is 0 Å². The third-order valence-electron chi connectivity index (χ3n) is 2.29. The first-order chi connectivity index (χ1) is 7.94. The number of rotatable bonds is 2. The lowest BCUT2D eigenvalue weighted by molar-refractivity contribution is -0.0328. The van der Waals surface area contributed by atoms with Gasteiger partial charge in [-0.25, -0.2) is 4.79 Å². The Labute approximate surface area is 99.8 Å². The average Bonchev–Trinajstić information content (AvgIpc) is 2.63. The summed E-state index contributed by atoms with van der Waals surface area (Å²) in [5, 5.41) is 5.24. The molecule has 0 saturated carbocycles. The minimum atomic E-state index is -4.27. The fourth-order valence-corrected chi connectivity index (χ4v) is 2.10. The Bertz CT molecular complexity index is 419. The summed E-state index contributed by atoms with van der Waals surface area (Å²) in [7, 11) is 0. The van der Waals surface area contributed by atoms with Crippen molar-refractivity contribution >= 4 is 17.8 Å². The van der Waals surface area contributed by atoms with Crippen molar-refractivity contribution in [3.63, 3.8) is 0 Å². The van der Waals surface area contributed by atoms with Gasteiger partial charge in [0.25, 0.3) is 0 Å². The maximum absolute atomic E-state index is 12.1. The molecule has 0 spiro atoms. The third kappa shape index (κ3) is 3.29. The van der Waals surface area contributed by atoms with E-state index in [1.54, 1.807) is 12.1 Å². The standard InChI is InChI=1S/C10H9F3N2OS/c11-10(12,13)17-7-3-1-6(2-4-7)8-5-14-9(16)15-8/h1-4,8H,5H2,(H2,14,15,16)/t8-/m1/s1. The van der Waals surface area contributed by atoms with Crippen LogP contribution in [-0.2, 0) is 0 Å². The number of carbonyl (C=O) groups excluding carboxylic acids is 1. The molecule has 1 atom stereocenters. The zero-order chi connectivity index (χ0) is 12.5. The summed E-state index contributed by atoms with van der Waals surface area (Å²) in [5.74, 6) is 0. The SMILES string of the molecule is O=C1NC[C@H](c2ccc(SC(F)(F)F)cc2)N1. The third-order valence-corrected chi connectivity index (χ3v) is 3.03. The summed E-state index contributed by atoms with van der Waals surface area (Å²) >= 11 is -0.150. The first-order valence-corrected chi connectivity index (χ1v) is 5.66. The average molecular weight is 262 g/mol. The number of hydrogen-bond donors (Lipinski definition) is 2. The summed E-state index contributed by atoms with van der Waals surface area (Å²) in [4.78, 5) is 11.0. The summed E-state index contributed by atoms with van der Waals surface area (Å²) < 4.78 is 36.3. The summed E-state index contributed by atoms with van der Waals surface area (Å²) in [6.07, 6.45) is 0. The van der Waals surface area contributed by atoms with Gasteiger partial charge in [-0.2, -0.15) is 13.2 Å². The van der Waals surface area contributed by atoms with Gasteiger partial charge in [-0.05, 0) is 29.5 Å². The lowest BCUT2D eigenvalue weighted by atomic mass is 10.1. The molecule has 1 aliphatic rings. The second-order valence-electron chi connectivity index (χ2n) is 3.52. The van der Waals surface area contributed by atoms with Crippen molar-refractivity contribution in [2.45, 2.75) is 16.4 Å². The molecule has 0 radical (unpaired) electrons. The van der Waals surface area contributed by atoms with Crippen LogP contribution in [0, 0.1) is 0 Å². The molecule has 2 amide bonds. The molecule has 17 heavy (non-hydrogen) atoms. The summed E-state index contributed by atoms with van der Waals surface area (Å²) in [5.41, 5.74) is -3.49. The Hall–Kier alpha value is -1.37. The van der Waals surface area contributed by atoms with Gasteiger partial charge in [0.1, 0.15) is 0 Å². The number of amides is 2. The van der Waals surface area contributed by atoms with E-state index < -0.39 is 5.51 Å². The van der Waals surface area contributed by atoms with Gasteiger partial charge in [-0.1, -0.05) is 12.1 Å². The van der Waals surface area contributed by atoms with E-state index in [1.165, 1.54) is 12.1 Å². The fraction of sp³-hybridized carbons (Fsp3) is 0.300. The number of hydrogen-bond acceptors (Lipinski definition) is 2. The van der Waals surface area contributed by atoms with Gasteiger partial charge in [-0.3, -0.25) is 0 Å². The Morgan fingerprint density at radius 1 is 1.24 bits per heavy atom. The Morgan fingerprint density at radius 2 is 1.88 bits per heavy atom. The molecule has 3 nitrogen and oxygen atoms in total. The quantitative estimate of drug-likeness (QED) is 0.804. The molecule has 7 heteroatoms. The summed E-state index contributed by atoms with van der Waals surface area (Å²) in [6.45, 7) is 0.449. The number of halogens is 3. The van der Waals surface area contributed by atoms with E-state index in [-0.39, 0.29) is 28.7 Å². The number of carbonyl (C=O) groups is 1. The van der Waals surface area contributed by atoms with Crippen LogP contribution in [0.15, 0.2) is 29.2 Å². The van der Waals surface area contributed by atoms with Crippen LogP contribution in [0.2, 0.25) is 0 Å². The van der Waals surface area contributed by atoms with Gasteiger partial charge in [0.15, 0.2) is 0 Å². The van der Waals surface area contributed by atoms with Crippen LogP contribution in [0.4, 0.5) is 18.0 Å². The monoisotopic (exact) mass is 262 g/mol. The fourth-order valence-electron chi connectivity index (χ4n) is 1.56. The van der Waals surface area contributed by atoms with Gasteiger partial charge in [0.2, 0.25) is 0 Å². The van der Waals surface area contributed by atoms with Crippen LogP contribution in [0.25, 0.3) is 0 Å². The van der Waals surface area contributed by atoms with E-state index in [4.69, 9.17) is 0 Å². The molecular formula is C10H9F3N2OS. The molecule has 1 aliphatic heterocycles. The Kier molecular flexibility index (Phi) is 3.19. The van der Waals surface area contributed by atoms with Gasteiger partial charge in [0.05, 0.1) is 6.04 Å². The smallest absolute Gasteiger partial charge is 0.336 e. The molecule has 2 rings (SSSR count). The Morgan fingerprint density at radius 3 is 2.35 bits per heavy atom. The van der Waals surface area contributed by atoms with E-state index in [2.05, 4.69) is 10.6 Å². The molecule has 1 fully saturated rings. The highest BCUT2D eigenvalue weighted by Gasteiger charge is 2.29. The minimum absolute atomic E-state index is 0.138. The van der Waals surface area contributed by atoms with Crippen LogP contribution in [-0.4, -0.2) is 18.1 Å². The first kappa shape index (κ1) is 12.1. The molecule has 2 N–H and O–H groups in total. The number of alkyl halides is 3. The predicted octanol–water partition coefficient (Wildman–Crippen LogP) is 2.65. The summed E-state index contributed by atoms with van der Waals surface area (Å²) in [6, 6.07) is 5.55.